The molecule has 0 spiro atoms. The second kappa shape index (κ2) is 4.30. The number of fused-ring (bicyclic) bond motifs is 1. The number of anilines is 1. The van der Waals surface area contributed by atoms with Crippen molar-refractivity contribution in [3.05, 3.63) is 41.2 Å². The summed E-state index contributed by atoms with van der Waals surface area (Å²) in [5.41, 5.74) is 11.0. The van der Waals surface area contributed by atoms with E-state index in [2.05, 4.69) is 39.9 Å². The van der Waals surface area contributed by atoms with E-state index in [0.717, 1.165) is 26.2 Å². The molecule has 0 aromatic heterocycles. The Hall–Kier alpha value is -1.68. The second-order valence-electron chi connectivity index (χ2n) is 4.57. The monoisotopic (exact) mass is 230 g/mol. The van der Waals surface area contributed by atoms with Gasteiger partial charge in [-0.15, -0.1) is 0 Å². The number of benzene rings is 1. The predicted molar refractivity (Wildman–Crippen MR) is 69.5 cm³/mol. The van der Waals surface area contributed by atoms with Gasteiger partial charge in [0.1, 0.15) is 0 Å². The van der Waals surface area contributed by atoms with Crippen molar-refractivity contribution >= 4 is 5.69 Å². The van der Waals surface area contributed by atoms with Crippen LogP contribution in [0.5, 0.6) is 0 Å². The Balaban J connectivity index is 1.81. The molecular formula is C13H18N4. The van der Waals surface area contributed by atoms with Crippen molar-refractivity contribution < 1.29 is 0 Å². The van der Waals surface area contributed by atoms with E-state index >= 15 is 0 Å². The van der Waals surface area contributed by atoms with Crippen LogP contribution in [0, 0.1) is 0 Å². The van der Waals surface area contributed by atoms with Crippen LogP contribution in [0.1, 0.15) is 11.1 Å². The van der Waals surface area contributed by atoms with Crippen molar-refractivity contribution in [3.8, 4) is 0 Å². The van der Waals surface area contributed by atoms with E-state index in [-0.39, 0.29) is 0 Å². The van der Waals surface area contributed by atoms with Gasteiger partial charge >= 0.3 is 0 Å². The Morgan fingerprint density at radius 2 is 2.29 bits per heavy atom. The molecule has 4 N–H and O–H groups in total. The Labute approximate surface area is 101 Å². The Morgan fingerprint density at radius 1 is 1.35 bits per heavy atom. The first-order valence-electron chi connectivity index (χ1n) is 6.10. The number of nitrogens with zero attached hydrogens (tertiary/aromatic N) is 1. The number of nitrogens with two attached hydrogens (primary N) is 1. The highest BCUT2D eigenvalue weighted by atomic mass is 15.2. The molecule has 0 unspecified atom stereocenters. The van der Waals surface area contributed by atoms with E-state index in [1.54, 1.807) is 0 Å². The quantitative estimate of drug-likeness (QED) is 0.708. The molecule has 90 valence electrons. The van der Waals surface area contributed by atoms with E-state index in [1.807, 2.05) is 0 Å². The van der Waals surface area contributed by atoms with Crippen molar-refractivity contribution in [2.24, 2.45) is 5.73 Å². The van der Waals surface area contributed by atoms with Gasteiger partial charge in [0.15, 0.2) is 0 Å². The van der Waals surface area contributed by atoms with Crippen LogP contribution in [0.25, 0.3) is 0 Å². The molecule has 0 bridgehead atoms. The van der Waals surface area contributed by atoms with Gasteiger partial charge in [0.2, 0.25) is 0 Å². The van der Waals surface area contributed by atoms with Gasteiger partial charge in [0.25, 0.3) is 0 Å². The SMILES string of the molecule is NCc1ccc2c(c1)N(CC1=CNCN1)CC2. The molecule has 0 amide bonds. The highest BCUT2D eigenvalue weighted by Gasteiger charge is 2.20. The first-order valence-corrected chi connectivity index (χ1v) is 6.10. The van der Waals surface area contributed by atoms with Crippen LogP contribution in [0.2, 0.25) is 0 Å². The smallest absolute Gasteiger partial charge is 0.0843 e. The van der Waals surface area contributed by atoms with Crippen LogP contribution in [-0.2, 0) is 13.0 Å². The van der Waals surface area contributed by atoms with E-state index in [9.17, 15) is 0 Å². The van der Waals surface area contributed by atoms with E-state index in [0.29, 0.717) is 6.54 Å². The number of hydrogen-bond acceptors (Lipinski definition) is 4. The first-order chi connectivity index (χ1) is 8.36. The second-order valence-corrected chi connectivity index (χ2v) is 4.57. The predicted octanol–water partition coefficient (Wildman–Crippen LogP) is 0.499. The molecule has 0 atom stereocenters. The largest absolute Gasteiger partial charge is 0.372 e. The van der Waals surface area contributed by atoms with Crippen molar-refractivity contribution in [1.82, 2.24) is 10.6 Å². The molecule has 0 saturated heterocycles. The molecule has 17 heavy (non-hydrogen) atoms. The minimum Gasteiger partial charge on any atom is -0.372 e. The van der Waals surface area contributed by atoms with Crippen LogP contribution in [0.4, 0.5) is 5.69 Å². The van der Waals surface area contributed by atoms with Gasteiger partial charge in [-0.2, -0.15) is 0 Å². The maximum atomic E-state index is 5.70. The van der Waals surface area contributed by atoms with Gasteiger partial charge in [-0.3, -0.25) is 0 Å². The lowest BCUT2D eigenvalue weighted by atomic mass is 10.1. The molecule has 0 radical (unpaired) electrons. The third-order valence-electron chi connectivity index (χ3n) is 3.43. The molecule has 4 heteroatoms. The van der Waals surface area contributed by atoms with Gasteiger partial charge in [-0.1, -0.05) is 12.1 Å². The van der Waals surface area contributed by atoms with Gasteiger partial charge in [0.05, 0.1) is 13.2 Å². The molecule has 2 aliphatic rings. The Kier molecular flexibility index (Phi) is 2.65. The van der Waals surface area contributed by atoms with Crippen molar-refractivity contribution in [1.29, 1.82) is 0 Å². The number of hydrogen-bond donors (Lipinski definition) is 3. The standard InChI is InChI=1S/C13H18N4/c14-6-10-1-2-11-3-4-17(13(11)5-10)8-12-7-15-9-16-12/h1-2,5,7,15-16H,3-4,6,8-9,14H2. The lowest BCUT2D eigenvalue weighted by Gasteiger charge is -2.20. The summed E-state index contributed by atoms with van der Waals surface area (Å²) in [6.07, 6.45) is 3.20. The highest BCUT2D eigenvalue weighted by Crippen LogP contribution is 2.29. The van der Waals surface area contributed by atoms with Gasteiger partial charge < -0.3 is 21.3 Å². The summed E-state index contributed by atoms with van der Waals surface area (Å²) in [4.78, 5) is 2.42. The number of nitrogens with one attached hydrogen (secondary N) is 2. The topological polar surface area (TPSA) is 53.3 Å². The van der Waals surface area contributed by atoms with E-state index < -0.39 is 0 Å². The van der Waals surface area contributed by atoms with Gasteiger partial charge in [-0.25, -0.2) is 0 Å². The average Bonchev–Trinajstić information content (AvgIpc) is 2.99. The third-order valence-corrected chi connectivity index (χ3v) is 3.43. The summed E-state index contributed by atoms with van der Waals surface area (Å²) in [6.45, 7) is 3.51. The lowest BCUT2D eigenvalue weighted by molar-refractivity contribution is 0.775. The zero-order chi connectivity index (χ0) is 11.7. The molecule has 0 saturated carbocycles. The van der Waals surface area contributed by atoms with Crippen LogP contribution in [0.3, 0.4) is 0 Å². The molecule has 0 aliphatic carbocycles. The minimum atomic E-state index is 0.615. The molecule has 0 fully saturated rings. The molecule has 1 aromatic rings. The highest BCUT2D eigenvalue weighted by molar-refractivity contribution is 5.60. The van der Waals surface area contributed by atoms with E-state index in [1.165, 1.54) is 22.5 Å². The summed E-state index contributed by atoms with van der Waals surface area (Å²) in [5.74, 6) is 0. The zero-order valence-corrected chi connectivity index (χ0v) is 9.87. The van der Waals surface area contributed by atoms with Gasteiger partial charge in [-0.05, 0) is 23.6 Å². The van der Waals surface area contributed by atoms with Crippen LogP contribution in [-0.4, -0.2) is 19.8 Å². The maximum absolute atomic E-state index is 5.70. The summed E-state index contributed by atoms with van der Waals surface area (Å²) in [6, 6.07) is 6.58. The minimum absolute atomic E-state index is 0.615. The summed E-state index contributed by atoms with van der Waals surface area (Å²) in [5, 5.41) is 6.50. The molecule has 3 rings (SSSR count). The first kappa shape index (κ1) is 10.5. The number of rotatable bonds is 3. The van der Waals surface area contributed by atoms with Gasteiger partial charge in [0, 0.05) is 30.7 Å². The van der Waals surface area contributed by atoms with E-state index in [4.69, 9.17) is 5.73 Å². The normalized spacial score (nSPS) is 17.5. The Bertz CT molecular complexity index is 453. The summed E-state index contributed by atoms with van der Waals surface area (Å²) < 4.78 is 0. The summed E-state index contributed by atoms with van der Waals surface area (Å²) >= 11 is 0. The zero-order valence-electron chi connectivity index (χ0n) is 9.87. The van der Waals surface area contributed by atoms with Crippen molar-refractivity contribution in [2.75, 3.05) is 24.7 Å². The average molecular weight is 230 g/mol. The summed E-state index contributed by atoms with van der Waals surface area (Å²) in [7, 11) is 0. The molecule has 4 nitrogen and oxygen atoms in total. The fraction of sp³-hybridized carbons (Fsp3) is 0.385. The van der Waals surface area contributed by atoms with Crippen molar-refractivity contribution in [2.45, 2.75) is 13.0 Å². The molecule has 2 heterocycles. The third kappa shape index (κ3) is 1.96. The van der Waals surface area contributed by atoms with Crippen molar-refractivity contribution in [3.63, 3.8) is 0 Å². The fourth-order valence-corrected chi connectivity index (χ4v) is 2.48. The van der Waals surface area contributed by atoms with Crippen LogP contribution < -0.4 is 21.3 Å². The molecule has 1 aromatic carbocycles. The Morgan fingerprint density at radius 3 is 3.06 bits per heavy atom. The molecule has 2 aliphatic heterocycles. The molecular weight excluding hydrogens is 212 g/mol. The lowest BCUT2D eigenvalue weighted by Crippen LogP contribution is -2.27. The maximum Gasteiger partial charge on any atom is 0.0843 e. The fourth-order valence-electron chi connectivity index (χ4n) is 2.48. The van der Waals surface area contributed by atoms with Crippen LogP contribution >= 0.6 is 0 Å². The van der Waals surface area contributed by atoms with Crippen LogP contribution in [0.15, 0.2) is 30.1 Å².